The summed E-state index contributed by atoms with van der Waals surface area (Å²) in [5.74, 6) is -0.198. The Hall–Kier alpha value is -1.54. The first kappa shape index (κ1) is 9.55. The second-order valence-corrected chi connectivity index (χ2v) is 2.75. The molecule has 0 bridgehead atoms. The summed E-state index contributed by atoms with van der Waals surface area (Å²) in [7, 11) is 0. The van der Waals surface area contributed by atoms with Gasteiger partial charge in [0.25, 0.3) is 0 Å². The molecule has 0 aliphatic heterocycles. The van der Waals surface area contributed by atoms with E-state index in [1.807, 2.05) is 0 Å². The van der Waals surface area contributed by atoms with Crippen LogP contribution in [-0.2, 0) is 6.42 Å². The molecule has 0 aliphatic rings. The number of nitrogens with zero attached hydrogens (tertiary/aromatic N) is 3. The van der Waals surface area contributed by atoms with E-state index in [1.165, 1.54) is 0 Å². The van der Waals surface area contributed by atoms with E-state index in [4.69, 9.17) is 5.53 Å². The molecule has 0 atom stereocenters. The fraction of sp³-hybridized carbons (Fsp3) is 0.333. The van der Waals surface area contributed by atoms with Crippen molar-refractivity contribution in [1.82, 2.24) is 0 Å². The summed E-state index contributed by atoms with van der Waals surface area (Å²) in [5, 5.41) is 3.35. The smallest absolute Gasteiger partial charge is 0.129 e. The molecule has 0 N–H and O–H groups in total. The van der Waals surface area contributed by atoms with Crippen molar-refractivity contribution in [3.05, 3.63) is 45.6 Å². The fourth-order valence-electron chi connectivity index (χ4n) is 1.12. The van der Waals surface area contributed by atoms with Crippen LogP contribution in [0.3, 0.4) is 0 Å². The normalized spacial score (nSPS) is 9.38. The second kappa shape index (κ2) is 4.48. The van der Waals surface area contributed by atoms with Crippen LogP contribution >= 0.6 is 0 Å². The average Bonchev–Trinajstić information content (AvgIpc) is 2.13. The molecule has 0 saturated heterocycles. The van der Waals surface area contributed by atoms with Crippen molar-refractivity contribution < 1.29 is 4.39 Å². The van der Waals surface area contributed by atoms with Gasteiger partial charge in [-0.15, -0.1) is 0 Å². The Morgan fingerprint density at radius 3 is 3.00 bits per heavy atom. The maximum Gasteiger partial charge on any atom is 0.129 e. The summed E-state index contributed by atoms with van der Waals surface area (Å²) in [4.78, 5) is 2.61. The highest BCUT2D eigenvalue weighted by atomic mass is 19.1. The van der Waals surface area contributed by atoms with Gasteiger partial charge in [0.1, 0.15) is 5.82 Å². The van der Waals surface area contributed by atoms with Crippen LogP contribution in [-0.4, -0.2) is 6.54 Å². The Bertz CT molecular complexity index is 343. The quantitative estimate of drug-likeness (QED) is 0.389. The maximum absolute atomic E-state index is 13.3. The van der Waals surface area contributed by atoms with Gasteiger partial charge in [-0.25, -0.2) is 4.39 Å². The monoisotopic (exact) mass is 179 g/mol. The van der Waals surface area contributed by atoms with Crippen molar-refractivity contribution in [1.29, 1.82) is 0 Å². The maximum atomic E-state index is 13.3. The van der Waals surface area contributed by atoms with Crippen LogP contribution in [0.2, 0.25) is 0 Å². The summed E-state index contributed by atoms with van der Waals surface area (Å²) in [6, 6.07) is 5.21. The Morgan fingerprint density at radius 1 is 1.54 bits per heavy atom. The van der Waals surface area contributed by atoms with Gasteiger partial charge < -0.3 is 0 Å². The van der Waals surface area contributed by atoms with E-state index >= 15 is 0 Å². The SMILES string of the molecule is Cc1cccc(CCN=[N+]=[N-])c1F. The summed E-state index contributed by atoms with van der Waals surface area (Å²) in [6.07, 6.45) is 0.456. The van der Waals surface area contributed by atoms with Crippen molar-refractivity contribution in [2.45, 2.75) is 13.3 Å². The van der Waals surface area contributed by atoms with Gasteiger partial charge in [-0.05, 0) is 30.0 Å². The van der Waals surface area contributed by atoms with Crippen molar-refractivity contribution in [2.24, 2.45) is 5.11 Å². The minimum atomic E-state index is -0.198. The Labute approximate surface area is 75.8 Å². The molecule has 1 aromatic rings. The van der Waals surface area contributed by atoms with Crippen LogP contribution in [0, 0.1) is 12.7 Å². The fourth-order valence-corrected chi connectivity index (χ4v) is 1.12. The summed E-state index contributed by atoms with van der Waals surface area (Å²) in [5.41, 5.74) is 9.26. The van der Waals surface area contributed by atoms with Gasteiger partial charge in [-0.3, -0.25) is 0 Å². The lowest BCUT2D eigenvalue weighted by Crippen LogP contribution is -1.95. The average molecular weight is 179 g/mol. The van der Waals surface area contributed by atoms with Gasteiger partial charge in [0.15, 0.2) is 0 Å². The molecule has 0 aromatic heterocycles. The molecule has 0 spiro atoms. The number of rotatable bonds is 3. The van der Waals surface area contributed by atoms with Crippen molar-refractivity contribution in [2.75, 3.05) is 6.54 Å². The lowest BCUT2D eigenvalue weighted by atomic mass is 10.1. The van der Waals surface area contributed by atoms with E-state index in [9.17, 15) is 4.39 Å². The Morgan fingerprint density at radius 2 is 2.31 bits per heavy atom. The molecule has 0 aliphatic carbocycles. The summed E-state index contributed by atoms with van der Waals surface area (Å²) < 4.78 is 13.3. The van der Waals surface area contributed by atoms with E-state index in [2.05, 4.69) is 10.0 Å². The third-order valence-electron chi connectivity index (χ3n) is 1.82. The molecule has 0 amide bonds. The molecular weight excluding hydrogens is 169 g/mol. The van der Waals surface area contributed by atoms with E-state index < -0.39 is 0 Å². The zero-order valence-corrected chi connectivity index (χ0v) is 7.37. The topological polar surface area (TPSA) is 48.8 Å². The van der Waals surface area contributed by atoms with Crippen LogP contribution in [0.1, 0.15) is 11.1 Å². The van der Waals surface area contributed by atoms with Gasteiger partial charge in [0.2, 0.25) is 0 Å². The minimum absolute atomic E-state index is 0.198. The van der Waals surface area contributed by atoms with E-state index in [0.29, 0.717) is 24.1 Å². The standard InChI is InChI=1S/C9H10FN3/c1-7-3-2-4-8(9(7)10)5-6-12-13-11/h2-4H,5-6H2,1H3. The first-order valence-corrected chi connectivity index (χ1v) is 4.00. The first-order chi connectivity index (χ1) is 6.25. The van der Waals surface area contributed by atoms with Crippen molar-refractivity contribution >= 4 is 0 Å². The number of halogens is 1. The van der Waals surface area contributed by atoms with Crippen molar-refractivity contribution in [3.63, 3.8) is 0 Å². The third kappa shape index (κ3) is 2.46. The molecule has 1 aromatic carbocycles. The number of benzene rings is 1. The summed E-state index contributed by atoms with van der Waals surface area (Å²) in [6.45, 7) is 2.02. The Balaban J connectivity index is 2.76. The number of aryl methyl sites for hydroxylation is 1. The zero-order valence-electron chi connectivity index (χ0n) is 7.37. The van der Waals surface area contributed by atoms with Crippen LogP contribution in [0.4, 0.5) is 4.39 Å². The van der Waals surface area contributed by atoms with Crippen molar-refractivity contribution in [3.8, 4) is 0 Å². The predicted octanol–water partition coefficient (Wildman–Crippen LogP) is 2.99. The van der Waals surface area contributed by atoms with Crippen LogP contribution < -0.4 is 0 Å². The Kier molecular flexibility index (Phi) is 3.29. The molecule has 0 saturated carbocycles. The first-order valence-electron chi connectivity index (χ1n) is 4.00. The molecule has 0 fully saturated rings. The highest BCUT2D eigenvalue weighted by Gasteiger charge is 2.02. The zero-order chi connectivity index (χ0) is 9.68. The number of azide groups is 1. The van der Waals surface area contributed by atoms with Crippen LogP contribution in [0.5, 0.6) is 0 Å². The van der Waals surface area contributed by atoms with Gasteiger partial charge >= 0.3 is 0 Å². The molecule has 68 valence electrons. The molecule has 0 heterocycles. The summed E-state index contributed by atoms with van der Waals surface area (Å²) >= 11 is 0. The molecular formula is C9H10FN3. The van der Waals surface area contributed by atoms with Gasteiger partial charge in [0.05, 0.1) is 0 Å². The molecule has 3 nitrogen and oxygen atoms in total. The van der Waals surface area contributed by atoms with E-state index in [0.717, 1.165) is 0 Å². The molecule has 4 heteroatoms. The predicted molar refractivity (Wildman–Crippen MR) is 48.9 cm³/mol. The second-order valence-electron chi connectivity index (χ2n) is 2.75. The minimum Gasteiger partial charge on any atom is -0.206 e. The largest absolute Gasteiger partial charge is 0.206 e. The molecule has 0 radical (unpaired) electrons. The highest BCUT2D eigenvalue weighted by molar-refractivity contribution is 5.25. The molecule has 0 unspecified atom stereocenters. The van der Waals surface area contributed by atoms with Gasteiger partial charge in [-0.1, -0.05) is 23.3 Å². The molecule has 13 heavy (non-hydrogen) atoms. The number of hydrogen-bond acceptors (Lipinski definition) is 1. The lowest BCUT2D eigenvalue weighted by molar-refractivity contribution is 0.600. The van der Waals surface area contributed by atoms with Crippen LogP contribution in [0.25, 0.3) is 10.4 Å². The molecule has 1 rings (SSSR count). The van der Waals surface area contributed by atoms with Gasteiger partial charge in [0, 0.05) is 11.5 Å². The number of hydrogen-bond donors (Lipinski definition) is 0. The van der Waals surface area contributed by atoms with E-state index in [-0.39, 0.29) is 5.82 Å². The van der Waals surface area contributed by atoms with E-state index in [1.54, 1.807) is 25.1 Å². The van der Waals surface area contributed by atoms with Gasteiger partial charge in [-0.2, -0.15) is 0 Å². The van der Waals surface area contributed by atoms with Crippen LogP contribution in [0.15, 0.2) is 23.3 Å². The lowest BCUT2D eigenvalue weighted by Gasteiger charge is -2.02. The third-order valence-corrected chi connectivity index (χ3v) is 1.82. The highest BCUT2D eigenvalue weighted by Crippen LogP contribution is 2.12.